The average molecular weight is 400 g/mol. The zero-order valence-electron chi connectivity index (χ0n) is 14.1. The highest BCUT2D eigenvalue weighted by Crippen LogP contribution is 2.40. The van der Waals surface area contributed by atoms with Crippen molar-refractivity contribution in [1.29, 1.82) is 0 Å². The number of fused-ring (bicyclic) bond motifs is 1. The van der Waals surface area contributed by atoms with E-state index in [-0.39, 0.29) is 12.5 Å². The van der Waals surface area contributed by atoms with E-state index in [4.69, 9.17) is 33.7 Å². The number of amides is 1. The minimum Gasteiger partial charge on any atom is -0.472 e. The molecule has 1 aromatic heterocycles. The van der Waals surface area contributed by atoms with Crippen LogP contribution in [0.2, 0.25) is 10.0 Å². The Morgan fingerprint density at radius 2 is 1.70 bits per heavy atom. The number of hydrogen-bond donors (Lipinski definition) is 1. The summed E-state index contributed by atoms with van der Waals surface area (Å²) in [4.78, 5) is 19.1. The SMILES string of the molecule is Nc1ccc2c(n1)N(Cc1c(Cl)cccc1Cl)C(=O)C(c1ccccc1)O2. The number of nitrogen functional groups attached to an aromatic ring is 1. The fourth-order valence-electron chi connectivity index (χ4n) is 2.99. The maximum atomic E-state index is 13.3. The lowest BCUT2D eigenvalue weighted by atomic mass is 10.1. The van der Waals surface area contributed by atoms with Crippen LogP contribution in [0.5, 0.6) is 5.75 Å². The van der Waals surface area contributed by atoms with E-state index >= 15 is 0 Å². The summed E-state index contributed by atoms with van der Waals surface area (Å²) in [5.74, 6) is 0.852. The van der Waals surface area contributed by atoms with Gasteiger partial charge in [-0.15, -0.1) is 0 Å². The van der Waals surface area contributed by atoms with Crippen LogP contribution in [-0.2, 0) is 11.3 Å². The highest BCUT2D eigenvalue weighted by atomic mass is 35.5. The van der Waals surface area contributed by atoms with Gasteiger partial charge < -0.3 is 10.5 Å². The molecule has 4 rings (SSSR count). The summed E-state index contributed by atoms with van der Waals surface area (Å²) in [5.41, 5.74) is 7.22. The molecule has 2 heterocycles. The number of carbonyl (C=O) groups excluding carboxylic acids is 1. The molecule has 7 heteroatoms. The first-order chi connectivity index (χ1) is 13.0. The molecule has 0 fully saturated rings. The van der Waals surface area contributed by atoms with Crippen LogP contribution in [0.15, 0.2) is 60.7 Å². The number of anilines is 2. The van der Waals surface area contributed by atoms with E-state index in [1.54, 1.807) is 30.3 Å². The molecule has 2 N–H and O–H groups in total. The Bertz CT molecular complexity index is 991. The van der Waals surface area contributed by atoms with Crippen molar-refractivity contribution in [1.82, 2.24) is 4.98 Å². The number of halogens is 2. The highest BCUT2D eigenvalue weighted by Gasteiger charge is 2.37. The maximum Gasteiger partial charge on any atom is 0.274 e. The predicted octanol–water partition coefficient (Wildman–Crippen LogP) is 4.64. The van der Waals surface area contributed by atoms with Gasteiger partial charge in [0.15, 0.2) is 11.6 Å². The Morgan fingerprint density at radius 3 is 2.41 bits per heavy atom. The van der Waals surface area contributed by atoms with Gasteiger partial charge in [0, 0.05) is 21.2 Å². The quantitative estimate of drug-likeness (QED) is 0.696. The van der Waals surface area contributed by atoms with E-state index < -0.39 is 6.10 Å². The smallest absolute Gasteiger partial charge is 0.274 e. The Hall–Kier alpha value is -2.76. The molecule has 1 atom stereocenters. The second-order valence-electron chi connectivity index (χ2n) is 6.09. The highest BCUT2D eigenvalue weighted by molar-refractivity contribution is 6.36. The standard InChI is InChI=1S/C20H15Cl2N3O2/c21-14-7-4-8-15(22)13(14)11-25-19-16(9-10-17(23)24-19)27-18(20(25)26)12-5-2-1-3-6-12/h1-10,18H,11H2,(H2,23,24). The molecule has 27 heavy (non-hydrogen) atoms. The number of aromatic nitrogens is 1. The molecule has 1 aliphatic heterocycles. The van der Waals surface area contributed by atoms with Crippen LogP contribution in [-0.4, -0.2) is 10.9 Å². The molecule has 3 aromatic rings. The number of nitrogens with zero attached hydrogens (tertiary/aromatic N) is 2. The van der Waals surface area contributed by atoms with Gasteiger partial charge in [0.05, 0.1) is 6.54 Å². The lowest BCUT2D eigenvalue weighted by molar-refractivity contribution is -0.126. The summed E-state index contributed by atoms with van der Waals surface area (Å²) in [6, 6.07) is 17.9. The summed E-state index contributed by atoms with van der Waals surface area (Å²) in [6.07, 6.45) is -0.787. The lowest BCUT2D eigenvalue weighted by Crippen LogP contribution is -2.41. The number of rotatable bonds is 3. The number of nitrogens with two attached hydrogens (primary N) is 1. The largest absolute Gasteiger partial charge is 0.472 e. The minimum absolute atomic E-state index is 0.160. The zero-order chi connectivity index (χ0) is 19.0. The Balaban J connectivity index is 1.80. The van der Waals surface area contributed by atoms with E-state index in [0.29, 0.717) is 33.0 Å². The van der Waals surface area contributed by atoms with Crippen LogP contribution >= 0.6 is 23.2 Å². The minimum atomic E-state index is -0.787. The van der Waals surface area contributed by atoms with Crippen LogP contribution in [0.3, 0.4) is 0 Å². The number of hydrogen-bond acceptors (Lipinski definition) is 4. The van der Waals surface area contributed by atoms with Gasteiger partial charge in [-0.05, 0) is 24.3 Å². The van der Waals surface area contributed by atoms with Crippen molar-refractivity contribution >= 4 is 40.7 Å². The molecule has 0 saturated carbocycles. The normalized spacial score (nSPS) is 16.0. The third-order valence-corrected chi connectivity index (χ3v) is 5.04. The van der Waals surface area contributed by atoms with Crippen molar-refractivity contribution in [3.8, 4) is 5.75 Å². The summed E-state index contributed by atoms with van der Waals surface area (Å²) in [6.45, 7) is 0.160. The van der Waals surface area contributed by atoms with Crippen LogP contribution in [0.1, 0.15) is 17.2 Å². The predicted molar refractivity (Wildman–Crippen MR) is 106 cm³/mol. The van der Waals surface area contributed by atoms with Gasteiger partial charge >= 0.3 is 0 Å². The van der Waals surface area contributed by atoms with Crippen LogP contribution in [0.4, 0.5) is 11.6 Å². The molecule has 136 valence electrons. The second-order valence-corrected chi connectivity index (χ2v) is 6.91. The van der Waals surface area contributed by atoms with E-state index in [9.17, 15) is 4.79 Å². The first-order valence-corrected chi connectivity index (χ1v) is 9.02. The van der Waals surface area contributed by atoms with Gasteiger partial charge in [0.1, 0.15) is 5.82 Å². The van der Waals surface area contributed by atoms with Gasteiger partial charge in [0.25, 0.3) is 5.91 Å². The molecular weight excluding hydrogens is 385 g/mol. The first kappa shape index (κ1) is 17.6. The van der Waals surface area contributed by atoms with Gasteiger partial charge in [-0.3, -0.25) is 9.69 Å². The van der Waals surface area contributed by atoms with E-state index in [2.05, 4.69) is 4.98 Å². The molecule has 5 nitrogen and oxygen atoms in total. The summed E-state index contributed by atoms with van der Waals surface area (Å²) in [7, 11) is 0. The molecule has 1 aliphatic rings. The third-order valence-electron chi connectivity index (χ3n) is 4.33. The van der Waals surface area contributed by atoms with E-state index in [1.165, 1.54) is 4.90 Å². The zero-order valence-corrected chi connectivity index (χ0v) is 15.6. The molecular formula is C20H15Cl2N3O2. The Morgan fingerprint density at radius 1 is 1.00 bits per heavy atom. The fraction of sp³-hybridized carbons (Fsp3) is 0.100. The fourth-order valence-corrected chi connectivity index (χ4v) is 3.51. The molecule has 0 bridgehead atoms. The average Bonchev–Trinajstić information content (AvgIpc) is 2.67. The summed E-state index contributed by atoms with van der Waals surface area (Å²) < 4.78 is 5.94. The molecule has 0 spiro atoms. The molecule has 0 radical (unpaired) electrons. The van der Waals surface area contributed by atoms with Crippen LogP contribution in [0.25, 0.3) is 0 Å². The number of ether oxygens (including phenoxy) is 1. The Kier molecular flexibility index (Phi) is 4.64. The van der Waals surface area contributed by atoms with Crippen molar-refractivity contribution < 1.29 is 9.53 Å². The van der Waals surface area contributed by atoms with Gasteiger partial charge in [-0.2, -0.15) is 0 Å². The van der Waals surface area contributed by atoms with E-state index in [0.717, 1.165) is 5.56 Å². The second kappa shape index (κ2) is 7.10. The van der Waals surface area contributed by atoms with Crippen molar-refractivity contribution in [3.05, 3.63) is 81.8 Å². The van der Waals surface area contributed by atoms with Crippen molar-refractivity contribution in [2.24, 2.45) is 0 Å². The van der Waals surface area contributed by atoms with Crippen molar-refractivity contribution in [3.63, 3.8) is 0 Å². The molecule has 1 unspecified atom stereocenters. The molecule has 1 amide bonds. The third kappa shape index (κ3) is 3.31. The topological polar surface area (TPSA) is 68.5 Å². The summed E-state index contributed by atoms with van der Waals surface area (Å²) >= 11 is 12.6. The molecule has 0 saturated heterocycles. The molecule has 2 aromatic carbocycles. The Labute approximate surface area is 166 Å². The van der Waals surface area contributed by atoms with Crippen LogP contribution in [0, 0.1) is 0 Å². The number of carbonyl (C=O) groups is 1. The maximum absolute atomic E-state index is 13.3. The van der Waals surface area contributed by atoms with Crippen LogP contribution < -0.4 is 15.4 Å². The number of pyridine rings is 1. The lowest BCUT2D eigenvalue weighted by Gasteiger charge is -2.34. The van der Waals surface area contributed by atoms with Crippen molar-refractivity contribution in [2.45, 2.75) is 12.6 Å². The van der Waals surface area contributed by atoms with E-state index in [1.807, 2.05) is 30.3 Å². The van der Waals surface area contributed by atoms with Gasteiger partial charge in [-0.1, -0.05) is 59.6 Å². The summed E-state index contributed by atoms with van der Waals surface area (Å²) in [5, 5.41) is 0.951. The first-order valence-electron chi connectivity index (χ1n) is 8.27. The monoisotopic (exact) mass is 399 g/mol. The van der Waals surface area contributed by atoms with Gasteiger partial charge in [-0.25, -0.2) is 4.98 Å². The molecule has 0 aliphatic carbocycles. The number of benzene rings is 2. The van der Waals surface area contributed by atoms with Crippen molar-refractivity contribution in [2.75, 3.05) is 10.6 Å². The van der Waals surface area contributed by atoms with Gasteiger partial charge in [0.2, 0.25) is 6.10 Å².